The molecule has 1 heterocycles. The summed E-state index contributed by atoms with van der Waals surface area (Å²) >= 11 is 0. The van der Waals surface area contributed by atoms with Crippen LogP contribution >= 0.6 is 0 Å². The smallest absolute Gasteiger partial charge is 0.239 e. The highest BCUT2D eigenvalue weighted by Gasteiger charge is 2.15. The summed E-state index contributed by atoms with van der Waals surface area (Å²) in [6, 6.07) is 4.08. The van der Waals surface area contributed by atoms with E-state index in [4.69, 9.17) is 10.5 Å². The molecule has 0 aliphatic carbocycles. The maximum atomic E-state index is 5.88. The highest BCUT2D eigenvalue weighted by molar-refractivity contribution is 5.53. The van der Waals surface area contributed by atoms with E-state index >= 15 is 0 Å². The van der Waals surface area contributed by atoms with Gasteiger partial charge in [0.1, 0.15) is 5.82 Å². The summed E-state index contributed by atoms with van der Waals surface area (Å²) in [5.74, 6) is 1.84. The van der Waals surface area contributed by atoms with Crippen LogP contribution in [-0.2, 0) is 0 Å². The quantitative estimate of drug-likeness (QED) is 0.766. The second-order valence-electron chi connectivity index (χ2n) is 5.70. The maximum Gasteiger partial charge on any atom is 0.239 e. The van der Waals surface area contributed by atoms with Crippen LogP contribution in [0.3, 0.4) is 0 Å². The van der Waals surface area contributed by atoms with Crippen molar-refractivity contribution in [2.75, 3.05) is 38.3 Å². The first-order chi connectivity index (χ1) is 9.43. The van der Waals surface area contributed by atoms with Crippen LogP contribution in [-0.4, -0.2) is 43.2 Å². The molecule has 0 aliphatic rings. The zero-order valence-electron chi connectivity index (χ0n) is 13.3. The lowest BCUT2D eigenvalue weighted by Gasteiger charge is -2.26. The van der Waals surface area contributed by atoms with Crippen LogP contribution in [0.5, 0.6) is 5.88 Å². The Hall–Kier alpha value is -1.49. The van der Waals surface area contributed by atoms with Crippen LogP contribution in [0.1, 0.15) is 27.2 Å². The predicted octanol–water partition coefficient (Wildman–Crippen LogP) is 2.45. The maximum absolute atomic E-state index is 5.88. The fourth-order valence-corrected chi connectivity index (χ4v) is 1.85. The molecule has 1 aromatic heterocycles. The number of pyridine rings is 1. The third-order valence-corrected chi connectivity index (χ3v) is 3.03. The Morgan fingerprint density at radius 1 is 1.35 bits per heavy atom. The first-order valence-corrected chi connectivity index (χ1v) is 7.24. The van der Waals surface area contributed by atoms with Crippen LogP contribution in [0.25, 0.3) is 0 Å². The van der Waals surface area contributed by atoms with E-state index in [-0.39, 0.29) is 0 Å². The number of aromatic nitrogens is 1. The number of hydrogen-bond acceptors (Lipinski definition) is 5. The fourth-order valence-electron chi connectivity index (χ4n) is 1.85. The van der Waals surface area contributed by atoms with Gasteiger partial charge in [-0.1, -0.05) is 20.8 Å². The lowest BCUT2D eigenvalue weighted by molar-refractivity contribution is 0.307. The molecule has 1 aromatic rings. The van der Waals surface area contributed by atoms with Crippen LogP contribution in [0, 0.1) is 5.92 Å². The van der Waals surface area contributed by atoms with E-state index in [0.29, 0.717) is 30.1 Å². The van der Waals surface area contributed by atoms with Crippen molar-refractivity contribution in [2.45, 2.75) is 33.2 Å². The average molecular weight is 280 g/mol. The van der Waals surface area contributed by atoms with Gasteiger partial charge in [0.05, 0.1) is 12.3 Å². The molecule has 0 saturated heterocycles. The molecule has 5 heteroatoms. The van der Waals surface area contributed by atoms with E-state index in [1.165, 1.54) is 0 Å². The van der Waals surface area contributed by atoms with Gasteiger partial charge >= 0.3 is 0 Å². The lowest BCUT2D eigenvalue weighted by Crippen LogP contribution is -2.36. The molecule has 114 valence electrons. The standard InChI is InChI=1S/C15H28N4O/c1-6-9-20-15-12(16)7-8-14(18-15)17-13(11(2)3)10-19(4)5/h7-8,11,13H,6,9-10,16H2,1-5H3,(H,17,18). The molecule has 1 rings (SSSR count). The average Bonchev–Trinajstić information content (AvgIpc) is 2.37. The number of hydrogen-bond donors (Lipinski definition) is 2. The molecule has 1 atom stereocenters. The van der Waals surface area contributed by atoms with E-state index in [2.05, 4.69) is 50.1 Å². The van der Waals surface area contributed by atoms with Gasteiger partial charge in [-0.25, -0.2) is 0 Å². The van der Waals surface area contributed by atoms with Crippen LogP contribution in [0.15, 0.2) is 12.1 Å². The molecule has 1 unspecified atom stereocenters. The van der Waals surface area contributed by atoms with Gasteiger partial charge < -0.3 is 20.7 Å². The van der Waals surface area contributed by atoms with Crippen molar-refractivity contribution in [2.24, 2.45) is 5.92 Å². The Morgan fingerprint density at radius 3 is 2.60 bits per heavy atom. The molecule has 0 fully saturated rings. The van der Waals surface area contributed by atoms with Crippen molar-refractivity contribution in [3.05, 3.63) is 12.1 Å². The van der Waals surface area contributed by atoms with Crippen molar-refractivity contribution in [1.29, 1.82) is 0 Å². The Morgan fingerprint density at radius 2 is 2.05 bits per heavy atom. The second kappa shape index (κ2) is 7.94. The predicted molar refractivity (Wildman–Crippen MR) is 85.2 cm³/mol. The molecular weight excluding hydrogens is 252 g/mol. The number of ether oxygens (including phenoxy) is 1. The number of nitrogen functional groups attached to an aromatic ring is 1. The second-order valence-corrected chi connectivity index (χ2v) is 5.70. The van der Waals surface area contributed by atoms with E-state index in [9.17, 15) is 0 Å². The molecule has 0 amide bonds. The van der Waals surface area contributed by atoms with Crippen LogP contribution in [0.4, 0.5) is 11.5 Å². The van der Waals surface area contributed by atoms with Gasteiger partial charge in [-0.05, 0) is 38.6 Å². The van der Waals surface area contributed by atoms with Gasteiger partial charge in [-0.2, -0.15) is 4.98 Å². The Labute approximate surface area is 122 Å². The first kappa shape index (κ1) is 16.6. The van der Waals surface area contributed by atoms with E-state index < -0.39 is 0 Å². The number of anilines is 2. The minimum atomic E-state index is 0.333. The summed E-state index contributed by atoms with van der Waals surface area (Å²) in [7, 11) is 4.15. The molecule has 5 nitrogen and oxygen atoms in total. The normalized spacial score (nSPS) is 12.8. The molecule has 20 heavy (non-hydrogen) atoms. The highest BCUT2D eigenvalue weighted by Crippen LogP contribution is 2.22. The van der Waals surface area contributed by atoms with Gasteiger partial charge in [0.2, 0.25) is 5.88 Å². The van der Waals surface area contributed by atoms with Crippen molar-refractivity contribution in [1.82, 2.24) is 9.88 Å². The molecule has 0 aliphatic heterocycles. The van der Waals surface area contributed by atoms with E-state index in [1.807, 2.05) is 12.1 Å². The SMILES string of the molecule is CCCOc1nc(NC(CN(C)C)C(C)C)ccc1N. The summed E-state index contributed by atoms with van der Waals surface area (Å²) in [5.41, 5.74) is 6.46. The molecule has 0 saturated carbocycles. The third-order valence-electron chi connectivity index (χ3n) is 3.03. The molecule has 3 N–H and O–H groups in total. The summed E-state index contributed by atoms with van der Waals surface area (Å²) in [5, 5.41) is 3.47. The Kier molecular flexibility index (Phi) is 6.58. The molecule has 0 bridgehead atoms. The third kappa shape index (κ3) is 5.25. The molecule has 0 aromatic carbocycles. The van der Waals surface area contributed by atoms with E-state index in [1.54, 1.807) is 0 Å². The molecular formula is C15H28N4O. The van der Waals surface area contributed by atoms with Gasteiger partial charge in [0.25, 0.3) is 0 Å². The van der Waals surface area contributed by atoms with Crippen molar-refractivity contribution in [3.8, 4) is 5.88 Å². The van der Waals surface area contributed by atoms with E-state index in [0.717, 1.165) is 18.8 Å². The first-order valence-electron chi connectivity index (χ1n) is 7.24. The van der Waals surface area contributed by atoms with Gasteiger partial charge in [-0.3, -0.25) is 0 Å². The fraction of sp³-hybridized carbons (Fsp3) is 0.667. The van der Waals surface area contributed by atoms with Crippen LogP contribution < -0.4 is 15.8 Å². The molecule has 0 spiro atoms. The largest absolute Gasteiger partial charge is 0.476 e. The summed E-state index contributed by atoms with van der Waals surface area (Å²) in [6.45, 7) is 8.05. The topological polar surface area (TPSA) is 63.4 Å². The Bertz CT molecular complexity index is 407. The van der Waals surface area contributed by atoms with Gasteiger partial charge in [0, 0.05) is 12.6 Å². The zero-order valence-corrected chi connectivity index (χ0v) is 13.3. The van der Waals surface area contributed by atoms with Crippen LogP contribution in [0.2, 0.25) is 0 Å². The van der Waals surface area contributed by atoms with Crippen molar-refractivity contribution >= 4 is 11.5 Å². The summed E-state index contributed by atoms with van der Waals surface area (Å²) < 4.78 is 5.56. The lowest BCUT2D eigenvalue weighted by atomic mass is 10.0. The number of nitrogens with one attached hydrogen (secondary N) is 1. The van der Waals surface area contributed by atoms with Crippen molar-refractivity contribution in [3.63, 3.8) is 0 Å². The Balaban J connectivity index is 2.79. The van der Waals surface area contributed by atoms with Gasteiger partial charge in [0.15, 0.2) is 0 Å². The number of nitrogens with two attached hydrogens (primary N) is 1. The molecule has 0 radical (unpaired) electrons. The van der Waals surface area contributed by atoms with Gasteiger partial charge in [-0.15, -0.1) is 0 Å². The minimum absolute atomic E-state index is 0.333. The van der Waals surface area contributed by atoms with Crippen molar-refractivity contribution < 1.29 is 4.74 Å². The monoisotopic (exact) mass is 280 g/mol. The number of likely N-dealkylation sites (N-methyl/N-ethyl adjacent to an activating group) is 1. The highest BCUT2D eigenvalue weighted by atomic mass is 16.5. The number of nitrogens with zero attached hydrogens (tertiary/aromatic N) is 2. The zero-order chi connectivity index (χ0) is 15.1. The summed E-state index contributed by atoms with van der Waals surface area (Å²) in [4.78, 5) is 6.63. The minimum Gasteiger partial charge on any atom is -0.476 e. The number of rotatable bonds is 8. The summed E-state index contributed by atoms with van der Waals surface area (Å²) in [6.07, 6.45) is 0.939.